The minimum Gasteiger partial charge on any atom is -0.477 e. The van der Waals surface area contributed by atoms with E-state index in [1.165, 1.54) is 141 Å². The Bertz CT molecular complexity index is 1370. The largest absolute Gasteiger partial charge is 0.477 e. The maximum absolute atomic E-state index is 12.8. The molecule has 0 aromatic heterocycles. The molecule has 0 saturated carbocycles. The standard InChI is InChI=1S/C62H109NO7/c1-6-8-10-12-14-16-18-20-22-24-26-28-30-32-34-36-38-40-42-44-46-48-50-52-60(64)69-57-58(56-68-55-54-59(62(66)67)63(3,4)5)70-61(65)53-51-49-47-45-43-41-39-37-35-33-31-29-27-25-23-21-19-17-15-13-11-9-7-2/h9,11,15,17,21,23,26-29,32,34,58-59H,6-8,10,12-14,16,18-20,22,24-25,30-31,33,35-57H2,1-5H3/p+1/b11-9+,17-15+,23-21+,28-26+,29-27+,34-32+. The van der Waals surface area contributed by atoms with Crippen LogP contribution in [0.4, 0.5) is 0 Å². The van der Waals surface area contributed by atoms with Crippen LogP contribution >= 0.6 is 0 Å². The molecule has 0 rings (SSSR count). The Hall–Kier alpha value is -3.23. The van der Waals surface area contributed by atoms with E-state index in [0.717, 1.165) is 77.0 Å². The fourth-order valence-corrected chi connectivity index (χ4v) is 8.41. The molecule has 404 valence electrons. The van der Waals surface area contributed by atoms with E-state index >= 15 is 0 Å². The van der Waals surface area contributed by atoms with E-state index in [1.54, 1.807) is 0 Å². The molecule has 0 aliphatic rings. The molecule has 0 saturated heterocycles. The summed E-state index contributed by atoms with van der Waals surface area (Å²) < 4.78 is 17.4. The Kier molecular flexibility index (Phi) is 49.7. The molecular formula is C62H110NO7+. The van der Waals surface area contributed by atoms with Crippen LogP contribution in [0.5, 0.6) is 0 Å². The maximum atomic E-state index is 12.8. The normalized spacial score (nSPS) is 13.3. The van der Waals surface area contributed by atoms with Crippen molar-refractivity contribution in [1.29, 1.82) is 0 Å². The minimum absolute atomic E-state index is 0.0548. The zero-order valence-corrected chi connectivity index (χ0v) is 46.2. The van der Waals surface area contributed by atoms with Crippen molar-refractivity contribution < 1.29 is 38.2 Å². The lowest BCUT2D eigenvalue weighted by Crippen LogP contribution is -2.50. The predicted octanol–water partition coefficient (Wildman–Crippen LogP) is 17.4. The first kappa shape index (κ1) is 66.8. The van der Waals surface area contributed by atoms with Gasteiger partial charge in [-0.25, -0.2) is 4.79 Å². The Morgan fingerprint density at radius 3 is 1.19 bits per heavy atom. The quantitative estimate of drug-likeness (QED) is 0.0280. The van der Waals surface area contributed by atoms with Crippen molar-refractivity contribution >= 4 is 17.9 Å². The molecule has 0 bridgehead atoms. The fourth-order valence-electron chi connectivity index (χ4n) is 8.41. The van der Waals surface area contributed by atoms with E-state index in [2.05, 4.69) is 86.8 Å². The molecule has 2 unspecified atom stereocenters. The van der Waals surface area contributed by atoms with Gasteiger partial charge in [0, 0.05) is 19.3 Å². The second-order valence-corrected chi connectivity index (χ2v) is 20.5. The lowest BCUT2D eigenvalue weighted by molar-refractivity contribution is -0.887. The van der Waals surface area contributed by atoms with Gasteiger partial charge in [0.2, 0.25) is 0 Å². The molecule has 0 spiro atoms. The number of ether oxygens (including phenoxy) is 3. The summed E-state index contributed by atoms with van der Waals surface area (Å²) >= 11 is 0. The number of unbranched alkanes of at least 4 members (excludes halogenated alkanes) is 26. The number of carbonyl (C=O) groups is 3. The number of carboxylic acid groups (broad SMARTS) is 1. The highest BCUT2D eigenvalue weighted by Crippen LogP contribution is 2.16. The minimum atomic E-state index is -0.877. The number of aliphatic carboxylic acids is 1. The third kappa shape index (κ3) is 49.7. The van der Waals surface area contributed by atoms with E-state index in [4.69, 9.17) is 14.2 Å². The number of carbonyl (C=O) groups excluding carboxylic acids is 2. The topological polar surface area (TPSA) is 99.1 Å². The number of rotatable bonds is 52. The molecule has 2 atom stereocenters. The smallest absolute Gasteiger partial charge is 0.362 e. The van der Waals surface area contributed by atoms with Crippen molar-refractivity contribution in [3.8, 4) is 0 Å². The second-order valence-electron chi connectivity index (χ2n) is 20.5. The Morgan fingerprint density at radius 1 is 0.443 bits per heavy atom. The van der Waals surface area contributed by atoms with Gasteiger partial charge in [0.25, 0.3) is 0 Å². The molecule has 8 heteroatoms. The van der Waals surface area contributed by atoms with Gasteiger partial charge in [-0.2, -0.15) is 0 Å². The summed E-state index contributed by atoms with van der Waals surface area (Å²) in [6, 6.07) is -0.621. The number of hydrogen-bond acceptors (Lipinski definition) is 6. The molecule has 0 heterocycles. The van der Waals surface area contributed by atoms with Gasteiger partial charge in [0.1, 0.15) is 6.61 Å². The number of hydrogen-bond donors (Lipinski definition) is 1. The Balaban J connectivity index is 4.20. The number of likely N-dealkylation sites (N-methyl/N-ethyl adjacent to an activating group) is 1. The highest BCUT2D eigenvalue weighted by Gasteiger charge is 2.31. The molecular weight excluding hydrogens is 871 g/mol. The molecule has 0 aromatic carbocycles. The van der Waals surface area contributed by atoms with Crippen molar-refractivity contribution in [2.75, 3.05) is 41.0 Å². The summed E-state index contributed by atoms with van der Waals surface area (Å²) in [4.78, 5) is 37.3. The van der Waals surface area contributed by atoms with E-state index < -0.39 is 18.1 Å². The summed E-state index contributed by atoms with van der Waals surface area (Å²) in [5.41, 5.74) is 0. The third-order valence-electron chi connectivity index (χ3n) is 12.8. The zero-order chi connectivity index (χ0) is 51.3. The highest BCUT2D eigenvalue weighted by atomic mass is 16.6. The average molecular weight is 982 g/mol. The number of esters is 2. The molecule has 0 amide bonds. The molecule has 0 radical (unpaired) electrons. The molecule has 0 aliphatic carbocycles. The van der Waals surface area contributed by atoms with Crippen molar-refractivity contribution in [3.63, 3.8) is 0 Å². The molecule has 8 nitrogen and oxygen atoms in total. The van der Waals surface area contributed by atoms with Crippen LogP contribution in [0.15, 0.2) is 72.9 Å². The van der Waals surface area contributed by atoms with Gasteiger partial charge in [-0.1, -0.05) is 222 Å². The highest BCUT2D eigenvalue weighted by molar-refractivity contribution is 5.72. The summed E-state index contributed by atoms with van der Waals surface area (Å²) in [7, 11) is 5.54. The average Bonchev–Trinajstić information content (AvgIpc) is 3.33. The van der Waals surface area contributed by atoms with Crippen molar-refractivity contribution in [2.45, 2.75) is 264 Å². The van der Waals surface area contributed by atoms with Crippen molar-refractivity contribution in [2.24, 2.45) is 0 Å². The number of quaternary nitrogens is 1. The summed E-state index contributed by atoms with van der Waals surface area (Å²) in [6.45, 7) is 4.64. The van der Waals surface area contributed by atoms with E-state index in [9.17, 15) is 19.5 Å². The number of allylic oxidation sites excluding steroid dienone is 12. The van der Waals surface area contributed by atoms with Gasteiger partial charge in [-0.3, -0.25) is 9.59 Å². The monoisotopic (exact) mass is 981 g/mol. The summed E-state index contributed by atoms with van der Waals surface area (Å²) in [5, 5.41) is 9.68. The number of carboxylic acids is 1. The lowest BCUT2D eigenvalue weighted by atomic mass is 10.0. The molecule has 0 aromatic rings. The van der Waals surface area contributed by atoms with Crippen LogP contribution in [-0.4, -0.2) is 80.6 Å². The van der Waals surface area contributed by atoms with Gasteiger partial charge >= 0.3 is 17.9 Å². The molecule has 0 aliphatic heterocycles. The third-order valence-corrected chi connectivity index (χ3v) is 12.8. The second kappa shape index (κ2) is 52.1. The van der Waals surface area contributed by atoms with E-state index in [1.807, 2.05) is 21.1 Å². The molecule has 70 heavy (non-hydrogen) atoms. The van der Waals surface area contributed by atoms with Crippen LogP contribution in [0.1, 0.15) is 251 Å². The number of nitrogens with zero attached hydrogens (tertiary/aromatic N) is 1. The van der Waals surface area contributed by atoms with Gasteiger partial charge < -0.3 is 23.8 Å². The van der Waals surface area contributed by atoms with Crippen LogP contribution in [0.25, 0.3) is 0 Å². The van der Waals surface area contributed by atoms with Crippen LogP contribution in [0, 0.1) is 0 Å². The van der Waals surface area contributed by atoms with Crippen LogP contribution in [-0.2, 0) is 28.6 Å². The van der Waals surface area contributed by atoms with Crippen molar-refractivity contribution in [1.82, 2.24) is 0 Å². The summed E-state index contributed by atoms with van der Waals surface area (Å²) in [6.07, 6.45) is 68.2. The first-order chi connectivity index (χ1) is 34.1. The molecule has 0 fully saturated rings. The fraction of sp³-hybridized carbons (Fsp3) is 0.758. The predicted molar refractivity (Wildman–Crippen MR) is 298 cm³/mol. The van der Waals surface area contributed by atoms with Gasteiger partial charge in [0.15, 0.2) is 12.1 Å². The van der Waals surface area contributed by atoms with Crippen LogP contribution < -0.4 is 0 Å². The van der Waals surface area contributed by atoms with E-state index in [0.29, 0.717) is 19.3 Å². The first-order valence-corrected chi connectivity index (χ1v) is 29.0. The Labute approximate surface area is 431 Å². The van der Waals surface area contributed by atoms with Gasteiger partial charge in [-0.15, -0.1) is 0 Å². The van der Waals surface area contributed by atoms with Gasteiger partial charge in [0.05, 0.1) is 34.4 Å². The Morgan fingerprint density at radius 2 is 0.800 bits per heavy atom. The first-order valence-electron chi connectivity index (χ1n) is 29.0. The molecule has 1 N–H and O–H groups in total. The van der Waals surface area contributed by atoms with Gasteiger partial charge in [-0.05, 0) is 83.5 Å². The SMILES string of the molecule is CC/C=C/C/C=C/C/C=C/C/C=C/CCCCCCCCCCCCC(=O)OC(COCCC(C(=O)O)[N+](C)(C)C)COC(=O)CCCCCCCCC/C=C/C/C=C/CCCCCCCCCCC. The lowest BCUT2D eigenvalue weighted by Gasteiger charge is -2.31. The summed E-state index contributed by atoms with van der Waals surface area (Å²) in [5.74, 6) is -1.48. The van der Waals surface area contributed by atoms with Crippen molar-refractivity contribution in [3.05, 3.63) is 72.9 Å². The van der Waals surface area contributed by atoms with Crippen LogP contribution in [0.3, 0.4) is 0 Å². The zero-order valence-electron chi connectivity index (χ0n) is 46.2. The maximum Gasteiger partial charge on any atom is 0.362 e. The van der Waals surface area contributed by atoms with E-state index in [-0.39, 0.29) is 36.2 Å². The van der Waals surface area contributed by atoms with Crippen LogP contribution in [0.2, 0.25) is 0 Å².